The summed E-state index contributed by atoms with van der Waals surface area (Å²) in [6.45, 7) is 3.79. The molecule has 4 aromatic rings. The first-order valence-corrected chi connectivity index (χ1v) is 9.31. The smallest absolute Gasteiger partial charge is 0.137 e. The van der Waals surface area contributed by atoms with Crippen molar-refractivity contribution in [2.45, 2.75) is 13.8 Å². The minimum absolute atomic E-state index is 0.215. The molecule has 28 heavy (non-hydrogen) atoms. The Kier molecular flexibility index (Phi) is 4.77. The summed E-state index contributed by atoms with van der Waals surface area (Å²) in [7, 11) is 0. The van der Waals surface area contributed by atoms with Gasteiger partial charge in [-0.2, -0.15) is 0 Å². The highest BCUT2D eigenvalue weighted by Gasteiger charge is 2.18. The summed E-state index contributed by atoms with van der Waals surface area (Å²) in [6.07, 6.45) is 4.97. The summed E-state index contributed by atoms with van der Waals surface area (Å²) < 4.78 is 29.4. The number of anilines is 2. The monoisotopic (exact) mass is 440 g/mol. The van der Waals surface area contributed by atoms with Gasteiger partial charge in [0.2, 0.25) is 0 Å². The third-order valence-electron chi connectivity index (χ3n) is 4.38. The molecule has 0 unspecified atom stereocenters. The first kappa shape index (κ1) is 18.4. The van der Waals surface area contributed by atoms with Crippen LogP contribution in [0.4, 0.5) is 20.2 Å². The predicted octanol–water partition coefficient (Wildman–Crippen LogP) is 6.09. The molecule has 0 spiro atoms. The summed E-state index contributed by atoms with van der Waals surface area (Å²) in [5.74, 6) is -1.36. The average molecular weight is 441 g/mol. The van der Waals surface area contributed by atoms with Crippen molar-refractivity contribution in [3.05, 3.63) is 76.2 Å². The van der Waals surface area contributed by atoms with Crippen LogP contribution in [0.1, 0.15) is 11.1 Å². The van der Waals surface area contributed by atoms with Gasteiger partial charge in [0.05, 0.1) is 39.9 Å². The molecule has 0 aliphatic heterocycles. The molecule has 0 fully saturated rings. The van der Waals surface area contributed by atoms with Crippen molar-refractivity contribution < 1.29 is 8.78 Å². The lowest BCUT2D eigenvalue weighted by molar-refractivity contribution is 0.591. The highest BCUT2D eigenvalue weighted by atomic mass is 79.9. The van der Waals surface area contributed by atoms with Crippen molar-refractivity contribution in [2.75, 3.05) is 5.32 Å². The second-order valence-corrected chi connectivity index (χ2v) is 7.39. The normalized spacial score (nSPS) is 11.0. The molecule has 1 aromatic carbocycles. The lowest BCUT2D eigenvalue weighted by Crippen LogP contribution is -2.02. The lowest BCUT2D eigenvalue weighted by atomic mass is 10.0. The van der Waals surface area contributed by atoms with E-state index in [4.69, 9.17) is 0 Å². The van der Waals surface area contributed by atoms with Crippen molar-refractivity contribution >= 4 is 38.2 Å². The topological polar surface area (TPSA) is 50.7 Å². The fourth-order valence-electron chi connectivity index (χ4n) is 3.10. The van der Waals surface area contributed by atoms with Crippen molar-refractivity contribution in [3.63, 3.8) is 0 Å². The van der Waals surface area contributed by atoms with Crippen LogP contribution in [-0.2, 0) is 0 Å². The Morgan fingerprint density at radius 1 is 1.04 bits per heavy atom. The first-order valence-electron chi connectivity index (χ1n) is 8.52. The first-order chi connectivity index (χ1) is 13.4. The highest BCUT2D eigenvalue weighted by Crippen LogP contribution is 2.36. The average Bonchev–Trinajstić information content (AvgIpc) is 2.63. The molecule has 0 saturated heterocycles. The quantitative estimate of drug-likeness (QED) is 0.418. The number of hydrogen-bond donors (Lipinski definition) is 1. The number of rotatable bonds is 3. The zero-order chi connectivity index (χ0) is 19.8. The van der Waals surface area contributed by atoms with E-state index < -0.39 is 11.6 Å². The van der Waals surface area contributed by atoms with Crippen molar-refractivity contribution in [2.24, 2.45) is 0 Å². The summed E-state index contributed by atoms with van der Waals surface area (Å²) in [5.41, 5.74) is 4.30. The van der Waals surface area contributed by atoms with E-state index in [0.717, 1.165) is 16.1 Å². The van der Waals surface area contributed by atoms with Crippen LogP contribution in [0.5, 0.6) is 0 Å². The van der Waals surface area contributed by atoms with Gasteiger partial charge in [-0.15, -0.1) is 0 Å². The minimum atomic E-state index is -0.681. The molecule has 0 aliphatic carbocycles. The van der Waals surface area contributed by atoms with Gasteiger partial charge >= 0.3 is 0 Å². The third-order valence-corrected chi connectivity index (χ3v) is 4.81. The van der Waals surface area contributed by atoms with E-state index in [2.05, 4.69) is 36.2 Å². The molecule has 4 rings (SSSR count). The molecule has 7 heteroatoms. The fraction of sp³-hybridized carbons (Fsp3) is 0.0952. The summed E-state index contributed by atoms with van der Waals surface area (Å²) in [5, 5.41) is 3.44. The Bertz CT molecular complexity index is 1210. The van der Waals surface area contributed by atoms with Crippen LogP contribution >= 0.6 is 15.9 Å². The van der Waals surface area contributed by atoms with Crippen LogP contribution in [0, 0.1) is 25.5 Å². The molecule has 0 saturated carbocycles. The van der Waals surface area contributed by atoms with E-state index in [1.165, 1.54) is 6.07 Å². The van der Waals surface area contributed by atoms with Gasteiger partial charge in [0.1, 0.15) is 11.6 Å². The number of halogens is 3. The van der Waals surface area contributed by atoms with E-state index >= 15 is 0 Å². The molecule has 0 atom stereocenters. The molecular weight excluding hydrogens is 426 g/mol. The number of aromatic nitrogens is 3. The molecule has 3 aromatic heterocycles. The van der Waals surface area contributed by atoms with Crippen LogP contribution in [0.2, 0.25) is 0 Å². The summed E-state index contributed by atoms with van der Waals surface area (Å²) in [4.78, 5) is 13.0. The highest BCUT2D eigenvalue weighted by molar-refractivity contribution is 9.10. The number of fused-ring (bicyclic) bond motifs is 1. The zero-order valence-corrected chi connectivity index (χ0v) is 16.7. The van der Waals surface area contributed by atoms with Gasteiger partial charge in [0.25, 0.3) is 0 Å². The molecule has 1 N–H and O–H groups in total. The molecule has 0 bridgehead atoms. The van der Waals surface area contributed by atoms with Crippen LogP contribution in [-0.4, -0.2) is 15.0 Å². The Morgan fingerprint density at radius 2 is 1.86 bits per heavy atom. The maximum absolute atomic E-state index is 14.7. The fourth-order valence-corrected chi connectivity index (χ4v) is 3.47. The molecule has 0 radical (unpaired) electrons. The second-order valence-electron chi connectivity index (χ2n) is 6.48. The van der Waals surface area contributed by atoms with E-state index in [1.54, 1.807) is 18.6 Å². The van der Waals surface area contributed by atoms with Gasteiger partial charge in [0.15, 0.2) is 0 Å². The van der Waals surface area contributed by atoms with Gasteiger partial charge in [-0.25, -0.2) is 13.8 Å². The Balaban J connectivity index is 2.01. The van der Waals surface area contributed by atoms with E-state index in [1.807, 2.05) is 32.0 Å². The van der Waals surface area contributed by atoms with Gasteiger partial charge in [-0.3, -0.25) is 9.97 Å². The van der Waals surface area contributed by atoms with Crippen molar-refractivity contribution in [1.29, 1.82) is 0 Å². The van der Waals surface area contributed by atoms with Crippen molar-refractivity contribution in [3.8, 4) is 11.4 Å². The van der Waals surface area contributed by atoms with E-state index in [-0.39, 0.29) is 10.9 Å². The van der Waals surface area contributed by atoms with Gasteiger partial charge < -0.3 is 5.32 Å². The number of benzene rings is 1. The van der Waals surface area contributed by atoms with Gasteiger partial charge in [-0.1, -0.05) is 0 Å². The number of aryl methyl sites for hydroxylation is 1. The van der Waals surface area contributed by atoms with E-state index in [0.29, 0.717) is 28.3 Å². The van der Waals surface area contributed by atoms with Crippen LogP contribution in [0.25, 0.3) is 22.3 Å². The summed E-state index contributed by atoms with van der Waals surface area (Å²) >= 11 is 3.38. The van der Waals surface area contributed by atoms with Gasteiger partial charge in [-0.05, 0) is 53.5 Å². The molecule has 0 aliphatic rings. The Labute approximate surface area is 168 Å². The number of nitrogens with zero attached hydrogens (tertiary/aromatic N) is 3. The zero-order valence-electron chi connectivity index (χ0n) is 15.1. The standard InChI is InChI=1S/C21H15BrF2N4/c1-11-3-4-26-18(5-11)20-12(2)21(27-15-6-13(22)9-25-10-15)19-16(24)7-14(23)8-17(19)28-20/h3-10H,1-2H3,(H,27,28). The third kappa shape index (κ3) is 3.45. The Morgan fingerprint density at radius 3 is 2.61 bits per heavy atom. The molecular formula is C21H15BrF2N4. The largest absolute Gasteiger partial charge is 0.353 e. The lowest BCUT2D eigenvalue weighted by Gasteiger charge is -2.17. The Hall–Kier alpha value is -2.93. The van der Waals surface area contributed by atoms with Crippen molar-refractivity contribution in [1.82, 2.24) is 15.0 Å². The van der Waals surface area contributed by atoms with Crippen LogP contribution in [0.15, 0.2) is 53.4 Å². The maximum Gasteiger partial charge on any atom is 0.137 e. The minimum Gasteiger partial charge on any atom is -0.353 e. The predicted molar refractivity (Wildman–Crippen MR) is 110 cm³/mol. The van der Waals surface area contributed by atoms with E-state index in [9.17, 15) is 8.78 Å². The SMILES string of the molecule is Cc1ccnc(-c2nc3cc(F)cc(F)c3c(Nc3cncc(Br)c3)c2C)c1. The molecule has 140 valence electrons. The van der Waals surface area contributed by atoms with Crippen LogP contribution < -0.4 is 5.32 Å². The molecule has 3 heterocycles. The summed E-state index contributed by atoms with van der Waals surface area (Å²) in [6, 6.07) is 7.68. The maximum atomic E-state index is 14.7. The van der Waals surface area contributed by atoms with Gasteiger partial charge in [0, 0.05) is 34.6 Å². The second kappa shape index (κ2) is 7.24. The molecule has 4 nitrogen and oxygen atoms in total. The molecule has 0 amide bonds. The van der Waals surface area contributed by atoms with Crippen LogP contribution in [0.3, 0.4) is 0 Å². The number of pyridine rings is 3. The number of hydrogen-bond acceptors (Lipinski definition) is 4. The number of nitrogens with one attached hydrogen (secondary N) is 1.